The summed E-state index contributed by atoms with van der Waals surface area (Å²) >= 11 is 0. The standard InChI is InChI=1S/C21H23N3O3/c1-24(14-18-13-20(25)23-27-18)16-10-8-15(9-11-16)19-7-4-12-22-21(19)26-17-5-2-3-6-17/h4,7-13,17H,2-3,5-6,14H2,1H3,(H,23,25). The topological polar surface area (TPSA) is 71.6 Å². The van der Waals surface area contributed by atoms with E-state index in [4.69, 9.17) is 9.26 Å². The molecule has 0 unspecified atom stereocenters. The second-order valence-corrected chi connectivity index (χ2v) is 6.93. The zero-order valence-corrected chi connectivity index (χ0v) is 15.3. The maximum absolute atomic E-state index is 9.29. The summed E-state index contributed by atoms with van der Waals surface area (Å²) in [7, 11) is 1.97. The van der Waals surface area contributed by atoms with E-state index in [2.05, 4.69) is 34.4 Å². The molecule has 140 valence electrons. The van der Waals surface area contributed by atoms with Crippen molar-refractivity contribution in [2.75, 3.05) is 11.9 Å². The first kappa shape index (κ1) is 17.4. The Morgan fingerprint density at radius 2 is 1.96 bits per heavy atom. The van der Waals surface area contributed by atoms with Crippen LogP contribution < -0.4 is 9.64 Å². The summed E-state index contributed by atoms with van der Waals surface area (Å²) in [6, 6.07) is 13.8. The lowest BCUT2D eigenvalue weighted by Crippen LogP contribution is -2.15. The van der Waals surface area contributed by atoms with Crippen LogP contribution in [0.4, 0.5) is 5.69 Å². The molecule has 1 aliphatic rings. The first-order valence-corrected chi connectivity index (χ1v) is 9.27. The van der Waals surface area contributed by atoms with E-state index in [0.717, 1.165) is 29.7 Å². The van der Waals surface area contributed by atoms with E-state index in [9.17, 15) is 5.11 Å². The third-order valence-electron chi connectivity index (χ3n) is 4.91. The number of ether oxygens (including phenoxy) is 1. The Labute approximate surface area is 158 Å². The van der Waals surface area contributed by atoms with E-state index < -0.39 is 0 Å². The van der Waals surface area contributed by atoms with Gasteiger partial charge in [0.1, 0.15) is 6.10 Å². The van der Waals surface area contributed by atoms with E-state index in [0.29, 0.717) is 18.2 Å². The van der Waals surface area contributed by atoms with Gasteiger partial charge >= 0.3 is 0 Å². The Kier molecular flexibility index (Phi) is 4.96. The predicted molar refractivity (Wildman–Crippen MR) is 103 cm³/mol. The minimum atomic E-state index is -0.0971. The van der Waals surface area contributed by atoms with Gasteiger partial charge in [0.15, 0.2) is 5.76 Å². The average molecular weight is 365 g/mol. The van der Waals surface area contributed by atoms with Gasteiger partial charge in [-0.2, -0.15) is 0 Å². The molecule has 0 saturated heterocycles. The fraction of sp³-hybridized carbons (Fsp3) is 0.333. The highest BCUT2D eigenvalue weighted by atomic mass is 16.5. The summed E-state index contributed by atoms with van der Waals surface area (Å²) in [6.45, 7) is 0.524. The Hall–Kier alpha value is -3.02. The Morgan fingerprint density at radius 3 is 2.67 bits per heavy atom. The molecule has 6 nitrogen and oxygen atoms in total. The van der Waals surface area contributed by atoms with Gasteiger partial charge in [0, 0.05) is 30.6 Å². The van der Waals surface area contributed by atoms with Crippen molar-refractivity contribution in [2.45, 2.75) is 38.3 Å². The van der Waals surface area contributed by atoms with Crippen LogP contribution in [0.5, 0.6) is 11.8 Å². The van der Waals surface area contributed by atoms with Crippen molar-refractivity contribution >= 4 is 5.69 Å². The van der Waals surface area contributed by atoms with Crippen LogP contribution in [-0.4, -0.2) is 28.4 Å². The minimum Gasteiger partial charge on any atom is -0.491 e. The van der Waals surface area contributed by atoms with Crippen LogP contribution in [0, 0.1) is 0 Å². The van der Waals surface area contributed by atoms with Crippen molar-refractivity contribution in [2.24, 2.45) is 0 Å². The summed E-state index contributed by atoms with van der Waals surface area (Å²) < 4.78 is 11.2. The van der Waals surface area contributed by atoms with Crippen molar-refractivity contribution in [3.63, 3.8) is 0 Å². The third kappa shape index (κ3) is 4.05. The van der Waals surface area contributed by atoms with Crippen molar-refractivity contribution in [1.82, 2.24) is 10.1 Å². The van der Waals surface area contributed by atoms with Crippen molar-refractivity contribution in [1.29, 1.82) is 0 Å². The minimum absolute atomic E-state index is 0.0971. The fourth-order valence-electron chi connectivity index (χ4n) is 3.47. The molecule has 3 aromatic rings. The molecule has 1 aliphatic carbocycles. The normalized spacial score (nSPS) is 14.4. The Bertz CT molecular complexity index is 886. The van der Waals surface area contributed by atoms with Gasteiger partial charge < -0.3 is 19.3 Å². The second kappa shape index (κ2) is 7.70. The molecule has 2 aromatic heterocycles. The summed E-state index contributed by atoms with van der Waals surface area (Å²) in [4.78, 5) is 6.49. The number of aromatic hydroxyl groups is 1. The van der Waals surface area contributed by atoms with E-state index >= 15 is 0 Å². The molecule has 0 radical (unpaired) electrons. The van der Waals surface area contributed by atoms with E-state index in [1.807, 2.05) is 24.1 Å². The highest BCUT2D eigenvalue weighted by Crippen LogP contribution is 2.32. The molecule has 0 spiro atoms. The van der Waals surface area contributed by atoms with Gasteiger partial charge in [0.2, 0.25) is 5.88 Å². The molecule has 4 rings (SSSR count). The lowest BCUT2D eigenvalue weighted by molar-refractivity contribution is 0.202. The van der Waals surface area contributed by atoms with E-state index in [1.165, 1.54) is 18.9 Å². The van der Waals surface area contributed by atoms with Crippen molar-refractivity contribution in [3.8, 4) is 22.9 Å². The first-order chi connectivity index (χ1) is 13.2. The van der Waals surface area contributed by atoms with Gasteiger partial charge in [-0.3, -0.25) is 0 Å². The molecule has 0 aliphatic heterocycles. The monoisotopic (exact) mass is 365 g/mol. The fourth-order valence-corrected chi connectivity index (χ4v) is 3.47. The van der Waals surface area contributed by atoms with Crippen molar-refractivity contribution in [3.05, 3.63) is 54.4 Å². The number of aromatic nitrogens is 2. The van der Waals surface area contributed by atoms with E-state index in [-0.39, 0.29) is 12.0 Å². The van der Waals surface area contributed by atoms with Crippen molar-refractivity contribution < 1.29 is 14.4 Å². The molecule has 1 N–H and O–H groups in total. The van der Waals surface area contributed by atoms with E-state index in [1.54, 1.807) is 6.20 Å². The molecule has 0 bridgehead atoms. The second-order valence-electron chi connectivity index (χ2n) is 6.93. The molecular weight excluding hydrogens is 342 g/mol. The summed E-state index contributed by atoms with van der Waals surface area (Å²) in [5.74, 6) is 1.22. The maximum atomic E-state index is 9.29. The zero-order chi connectivity index (χ0) is 18.6. The summed E-state index contributed by atoms with van der Waals surface area (Å²) in [5.41, 5.74) is 3.13. The van der Waals surface area contributed by atoms with Crippen LogP contribution >= 0.6 is 0 Å². The molecule has 27 heavy (non-hydrogen) atoms. The SMILES string of the molecule is CN(Cc1cc(O)no1)c1ccc(-c2cccnc2OC2CCCC2)cc1. The van der Waals surface area contributed by atoms with Crippen LogP contribution in [-0.2, 0) is 6.54 Å². The van der Waals surface area contributed by atoms with Gasteiger partial charge in [0.05, 0.1) is 6.54 Å². The predicted octanol–water partition coefficient (Wildman–Crippen LogP) is 4.40. The largest absolute Gasteiger partial charge is 0.491 e. The lowest BCUT2D eigenvalue weighted by atomic mass is 10.1. The third-order valence-corrected chi connectivity index (χ3v) is 4.91. The van der Waals surface area contributed by atoms with Gasteiger partial charge in [-0.15, -0.1) is 0 Å². The van der Waals surface area contributed by atoms with Crippen LogP contribution in [0.2, 0.25) is 0 Å². The van der Waals surface area contributed by atoms with Gasteiger partial charge in [-0.05, 0) is 60.7 Å². The van der Waals surface area contributed by atoms with Crippen LogP contribution in [0.3, 0.4) is 0 Å². The lowest BCUT2D eigenvalue weighted by Gasteiger charge is -2.18. The van der Waals surface area contributed by atoms with Crippen LogP contribution in [0.15, 0.2) is 53.2 Å². The van der Waals surface area contributed by atoms with Gasteiger partial charge in [0.25, 0.3) is 5.88 Å². The number of rotatable bonds is 6. The maximum Gasteiger partial charge on any atom is 0.251 e. The molecule has 0 atom stereocenters. The van der Waals surface area contributed by atoms with Crippen LogP contribution in [0.25, 0.3) is 11.1 Å². The van der Waals surface area contributed by atoms with Crippen LogP contribution in [0.1, 0.15) is 31.4 Å². The number of hydrogen-bond acceptors (Lipinski definition) is 6. The van der Waals surface area contributed by atoms with Gasteiger partial charge in [-0.25, -0.2) is 4.98 Å². The van der Waals surface area contributed by atoms with Gasteiger partial charge in [-0.1, -0.05) is 12.1 Å². The Balaban J connectivity index is 1.50. The average Bonchev–Trinajstić information content (AvgIpc) is 3.34. The molecule has 0 amide bonds. The molecule has 2 heterocycles. The molecule has 1 fully saturated rings. The molecule has 1 aromatic carbocycles. The number of nitrogens with zero attached hydrogens (tertiary/aromatic N) is 3. The highest BCUT2D eigenvalue weighted by molar-refractivity contribution is 5.70. The summed E-state index contributed by atoms with van der Waals surface area (Å²) in [5, 5.41) is 12.8. The number of benzene rings is 1. The first-order valence-electron chi connectivity index (χ1n) is 9.27. The number of hydrogen-bond donors (Lipinski definition) is 1. The molecule has 6 heteroatoms. The Morgan fingerprint density at radius 1 is 1.19 bits per heavy atom. The quantitative estimate of drug-likeness (QED) is 0.698. The smallest absolute Gasteiger partial charge is 0.251 e. The number of pyridine rings is 1. The molecule has 1 saturated carbocycles. The highest BCUT2D eigenvalue weighted by Gasteiger charge is 2.19. The summed E-state index contributed by atoms with van der Waals surface area (Å²) in [6.07, 6.45) is 6.74. The number of anilines is 1. The zero-order valence-electron chi connectivity index (χ0n) is 15.3. The molecular formula is C21H23N3O3.